The van der Waals surface area contributed by atoms with E-state index >= 15 is 0 Å². The maximum Gasteiger partial charge on any atom is 0.214 e. The highest BCUT2D eigenvalue weighted by Crippen LogP contribution is 2.12. The van der Waals surface area contributed by atoms with Crippen LogP contribution < -0.4 is 10.6 Å². The van der Waals surface area contributed by atoms with Gasteiger partial charge in [-0.25, -0.2) is 17.7 Å². The fourth-order valence-electron chi connectivity index (χ4n) is 2.27. The first kappa shape index (κ1) is 17.2. The van der Waals surface area contributed by atoms with E-state index < -0.39 is 10.0 Å². The zero-order valence-corrected chi connectivity index (χ0v) is 14.6. The number of rotatable bonds is 6. The fraction of sp³-hybridized carbons (Fsp3) is 0.692. The third-order valence-electron chi connectivity index (χ3n) is 3.38. The fourth-order valence-corrected chi connectivity index (χ4v) is 4.58. The summed E-state index contributed by atoms with van der Waals surface area (Å²) in [6, 6.07) is 0. The Bertz CT molecular complexity index is 612. The Labute approximate surface area is 135 Å². The number of aromatic nitrogens is 1. The van der Waals surface area contributed by atoms with E-state index in [2.05, 4.69) is 20.6 Å². The molecular formula is C13H23N5O2S2. The lowest BCUT2D eigenvalue weighted by atomic mass is 10.4. The molecule has 0 aromatic carbocycles. The zero-order valence-electron chi connectivity index (χ0n) is 13.0. The third-order valence-corrected chi connectivity index (χ3v) is 6.31. The number of guanidine groups is 1. The van der Waals surface area contributed by atoms with Gasteiger partial charge >= 0.3 is 0 Å². The van der Waals surface area contributed by atoms with Crippen molar-refractivity contribution in [3.8, 4) is 0 Å². The molecule has 0 saturated carbocycles. The number of nitrogens with zero attached hydrogens (tertiary/aromatic N) is 3. The van der Waals surface area contributed by atoms with Crippen LogP contribution in [0.2, 0.25) is 0 Å². The first-order chi connectivity index (χ1) is 10.5. The second-order valence-electron chi connectivity index (χ2n) is 5.11. The molecule has 0 spiro atoms. The van der Waals surface area contributed by atoms with Crippen molar-refractivity contribution in [2.45, 2.75) is 19.8 Å². The average molecular weight is 345 g/mol. The molecule has 124 valence electrons. The number of aliphatic imine (C=N–C) groups is 1. The molecule has 1 aromatic heterocycles. The average Bonchev–Trinajstić information content (AvgIpc) is 3.03. The van der Waals surface area contributed by atoms with Crippen LogP contribution in [0.3, 0.4) is 0 Å². The Morgan fingerprint density at radius 2 is 2.23 bits per heavy atom. The number of aryl methyl sites for hydroxylation is 1. The van der Waals surface area contributed by atoms with Gasteiger partial charge in [0.2, 0.25) is 10.0 Å². The molecule has 1 aliphatic heterocycles. The smallest absolute Gasteiger partial charge is 0.214 e. The van der Waals surface area contributed by atoms with Crippen LogP contribution in [0.4, 0.5) is 0 Å². The lowest BCUT2D eigenvalue weighted by Gasteiger charge is -2.16. The summed E-state index contributed by atoms with van der Waals surface area (Å²) in [5, 5.41) is 7.45. The van der Waals surface area contributed by atoms with Crippen LogP contribution in [0.15, 0.2) is 11.2 Å². The molecule has 2 rings (SSSR count). The molecule has 2 heterocycles. The number of nitrogens with one attached hydrogen (secondary N) is 2. The van der Waals surface area contributed by atoms with Crippen LogP contribution in [0.5, 0.6) is 0 Å². The monoisotopic (exact) mass is 345 g/mol. The molecule has 2 N–H and O–H groups in total. The minimum atomic E-state index is -3.02. The van der Waals surface area contributed by atoms with Crippen molar-refractivity contribution in [3.05, 3.63) is 16.1 Å². The van der Waals surface area contributed by atoms with Gasteiger partial charge in [0.1, 0.15) is 0 Å². The minimum Gasteiger partial charge on any atom is -0.356 e. The normalized spacial score (nSPS) is 18.5. The number of hydrogen-bond donors (Lipinski definition) is 2. The van der Waals surface area contributed by atoms with Crippen molar-refractivity contribution in [1.82, 2.24) is 19.9 Å². The Kier molecular flexibility index (Phi) is 6.16. The molecule has 0 aliphatic carbocycles. The van der Waals surface area contributed by atoms with Gasteiger partial charge in [0, 0.05) is 50.7 Å². The summed E-state index contributed by atoms with van der Waals surface area (Å²) in [6.07, 6.45) is 3.45. The van der Waals surface area contributed by atoms with Crippen LogP contribution >= 0.6 is 11.3 Å². The highest BCUT2D eigenvalue weighted by molar-refractivity contribution is 7.89. The van der Waals surface area contributed by atoms with E-state index in [4.69, 9.17) is 0 Å². The third kappa shape index (κ3) is 4.92. The summed E-state index contributed by atoms with van der Waals surface area (Å²) in [4.78, 5) is 9.66. The summed E-state index contributed by atoms with van der Waals surface area (Å²) in [5.74, 6) is 0.956. The molecule has 1 aromatic rings. The highest BCUT2D eigenvalue weighted by atomic mass is 32.2. The zero-order chi connectivity index (χ0) is 16.0. The van der Waals surface area contributed by atoms with E-state index in [0.717, 1.165) is 24.4 Å². The Morgan fingerprint density at radius 3 is 2.82 bits per heavy atom. The number of sulfonamides is 1. The van der Waals surface area contributed by atoms with Crippen molar-refractivity contribution >= 4 is 27.3 Å². The molecule has 0 radical (unpaired) electrons. The van der Waals surface area contributed by atoms with Crippen LogP contribution in [0.25, 0.3) is 0 Å². The van der Waals surface area contributed by atoms with Crippen molar-refractivity contribution < 1.29 is 8.42 Å². The van der Waals surface area contributed by atoms with E-state index in [1.807, 2.05) is 13.1 Å². The van der Waals surface area contributed by atoms with E-state index in [9.17, 15) is 8.42 Å². The molecule has 1 aliphatic rings. The van der Waals surface area contributed by atoms with Gasteiger partial charge in [0.05, 0.1) is 10.8 Å². The van der Waals surface area contributed by atoms with Crippen molar-refractivity contribution in [3.63, 3.8) is 0 Å². The summed E-state index contributed by atoms with van der Waals surface area (Å²) >= 11 is 1.70. The van der Waals surface area contributed by atoms with Crippen LogP contribution in [-0.2, 0) is 16.4 Å². The van der Waals surface area contributed by atoms with E-state index in [0.29, 0.717) is 25.6 Å². The second-order valence-corrected chi connectivity index (χ2v) is 8.52. The predicted octanol–water partition coefficient (Wildman–Crippen LogP) is 0.195. The first-order valence-electron chi connectivity index (χ1n) is 7.35. The van der Waals surface area contributed by atoms with E-state index in [-0.39, 0.29) is 5.75 Å². The topological polar surface area (TPSA) is 86.7 Å². The number of thiazole rings is 1. The van der Waals surface area contributed by atoms with Crippen LogP contribution in [0.1, 0.15) is 16.3 Å². The summed E-state index contributed by atoms with van der Waals surface area (Å²) in [6.45, 7) is 4.44. The molecule has 0 bridgehead atoms. The standard InChI is InChI=1S/C13H23N5O2S2/c1-11-10-17-12(21-11)4-5-15-13(14-2)16-6-8-18-7-3-9-22(18,19)20/h10H,3-9H2,1-2H3,(H2,14,15,16). The summed E-state index contributed by atoms with van der Waals surface area (Å²) in [5.41, 5.74) is 0. The van der Waals surface area contributed by atoms with E-state index in [1.165, 1.54) is 9.18 Å². The van der Waals surface area contributed by atoms with Gasteiger partial charge in [-0.15, -0.1) is 11.3 Å². The van der Waals surface area contributed by atoms with Gasteiger partial charge < -0.3 is 10.6 Å². The van der Waals surface area contributed by atoms with Gasteiger partial charge in [-0.3, -0.25) is 4.99 Å². The Hall–Kier alpha value is -1.19. The van der Waals surface area contributed by atoms with Gasteiger partial charge in [0.25, 0.3) is 0 Å². The highest BCUT2D eigenvalue weighted by Gasteiger charge is 2.27. The van der Waals surface area contributed by atoms with Crippen molar-refractivity contribution in [1.29, 1.82) is 0 Å². The van der Waals surface area contributed by atoms with Gasteiger partial charge in [-0.05, 0) is 13.3 Å². The first-order valence-corrected chi connectivity index (χ1v) is 9.77. The predicted molar refractivity (Wildman–Crippen MR) is 89.9 cm³/mol. The Morgan fingerprint density at radius 1 is 1.45 bits per heavy atom. The lowest BCUT2D eigenvalue weighted by molar-refractivity contribution is 0.445. The maximum absolute atomic E-state index is 11.7. The molecule has 9 heteroatoms. The SMILES string of the molecule is CN=C(NCCc1ncc(C)s1)NCCN1CCCS1(=O)=O. The molecule has 22 heavy (non-hydrogen) atoms. The van der Waals surface area contributed by atoms with Gasteiger partial charge in [0.15, 0.2) is 5.96 Å². The van der Waals surface area contributed by atoms with Gasteiger partial charge in [-0.1, -0.05) is 0 Å². The molecule has 0 amide bonds. The molecule has 1 saturated heterocycles. The largest absolute Gasteiger partial charge is 0.356 e. The lowest BCUT2D eigenvalue weighted by Crippen LogP contribution is -2.42. The van der Waals surface area contributed by atoms with E-state index in [1.54, 1.807) is 18.4 Å². The summed E-state index contributed by atoms with van der Waals surface area (Å²) < 4.78 is 24.9. The van der Waals surface area contributed by atoms with Crippen molar-refractivity contribution in [2.24, 2.45) is 4.99 Å². The summed E-state index contributed by atoms with van der Waals surface area (Å²) in [7, 11) is -1.31. The molecule has 0 atom stereocenters. The molecule has 0 unspecified atom stereocenters. The van der Waals surface area contributed by atoms with Gasteiger partial charge in [-0.2, -0.15) is 0 Å². The molecule has 1 fully saturated rings. The van der Waals surface area contributed by atoms with Crippen LogP contribution in [-0.4, -0.2) is 62.6 Å². The van der Waals surface area contributed by atoms with Crippen LogP contribution in [0, 0.1) is 6.92 Å². The van der Waals surface area contributed by atoms with Crippen molar-refractivity contribution in [2.75, 3.05) is 39.0 Å². The maximum atomic E-state index is 11.7. The quantitative estimate of drug-likeness (QED) is 0.568. The number of hydrogen-bond acceptors (Lipinski definition) is 5. The molecular weight excluding hydrogens is 322 g/mol. The second kappa shape index (κ2) is 7.89. The Balaban J connectivity index is 1.67. The molecule has 7 nitrogen and oxygen atoms in total. The minimum absolute atomic E-state index is 0.271.